The minimum atomic E-state index is -2.18. The van der Waals surface area contributed by atoms with E-state index in [1.54, 1.807) is 0 Å². The number of pyridine rings is 2. The number of aromatic nitrogens is 2. The van der Waals surface area contributed by atoms with Gasteiger partial charge in [-0.25, -0.2) is 0 Å². The third-order valence-corrected chi connectivity index (χ3v) is 11.1. The van der Waals surface area contributed by atoms with Crippen molar-refractivity contribution in [1.29, 1.82) is 0 Å². The number of rotatable bonds is 4. The number of benzene rings is 3. The Morgan fingerprint density at radius 2 is 1.41 bits per heavy atom. The fourth-order valence-corrected chi connectivity index (χ4v) is 8.25. The summed E-state index contributed by atoms with van der Waals surface area (Å²) in [6.45, 7) is 8.36. The van der Waals surface area contributed by atoms with E-state index < -0.39 is 19.2 Å². The molecule has 5 aromatic rings. The van der Waals surface area contributed by atoms with Crippen LogP contribution in [0.1, 0.15) is 52.1 Å². The summed E-state index contributed by atoms with van der Waals surface area (Å²) in [6, 6.07) is 21.8. The summed E-state index contributed by atoms with van der Waals surface area (Å²) in [6.07, 6.45) is 2.05. The van der Waals surface area contributed by atoms with E-state index in [4.69, 9.17) is 11.3 Å². The summed E-state index contributed by atoms with van der Waals surface area (Å²) in [5, 5.41) is 6.05. The van der Waals surface area contributed by atoms with Gasteiger partial charge < -0.3 is 0 Å². The van der Waals surface area contributed by atoms with E-state index in [1.165, 1.54) is 25.9 Å². The van der Waals surface area contributed by atoms with Crippen molar-refractivity contribution in [3.63, 3.8) is 0 Å². The molecular weight excluding hydrogens is 473 g/mol. The van der Waals surface area contributed by atoms with E-state index in [1.807, 2.05) is 13.8 Å². The molecule has 0 fully saturated rings. The Morgan fingerprint density at radius 3 is 2.06 bits per heavy atom. The van der Waals surface area contributed by atoms with Gasteiger partial charge in [0.05, 0.1) is 0 Å². The second-order valence-corrected chi connectivity index (χ2v) is 21.5. The monoisotopic (exact) mass is 509 g/mol. The fourth-order valence-electron chi connectivity index (χ4n) is 4.93. The average molecular weight is 508 g/mol. The Kier molecular flexibility index (Phi) is 5.45. The second-order valence-electron chi connectivity index (χ2n) is 11.0. The first-order chi connectivity index (χ1) is 16.4. The van der Waals surface area contributed by atoms with Crippen molar-refractivity contribution in [3.8, 4) is 11.3 Å². The zero-order valence-electron chi connectivity index (χ0n) is 22.3. The SMILES string of the molecule is [2H]C(C)(C)c1cc(-c2ccc3c4ccccc4c4ccc(C(C)C)nc4c3c2)nc[c]1[Ge]([CH3])([CH3])[CH3]. The van der Waals surface area contributed by atoms with Crippen LogP contribution < -0.4 is 4.40 Å². The topological polar surface area (TPSA) is 25.8 Å². The van der Waals surface area contributed by atoms with Crippen molar-refractivity contribution >= 4 is 50.1 Å². The van der Waals surface area contributed by atoms with Gasteiger partial charge in [0, 0.05) is 0 Å². The molecule has 0 N–H and O–H groups in total. The maximum atomic E-state index is 8.84. The van der Waals surface area contributed by atoms with Gasteiger partial charge >= 0.3 is 208 Å². The Bertz CT molecular complexity index is 1590. The number of hydrogen-bond donors (Lipinski definition) is 0. The Balaban J connectivity index is 1.82. The van der Waals surface area contributed by atoms with Gasteiger partial charge in [0.2, 0.25) is 0 Å². The Labute approximate surface area is 207 Å². The van der Waals surface area contributed by atoms with E-state index in [-0.39, 0.29) is 0 Å². The number of nitrogens with zero attached hydrogens (tertiary/aromatic N) is 2. The molecule has 2 nitrogen and oxygen atoms in total. The molecule has 0 saturated heterocycles. The number of hydrogen-bond acceptors (Lipinski definition) is 2. The van der Waals surface area contributed by atoms with Crippen LogP contribution in [-0.2, 0) is 0 Å². The molecule has 0 aliphatic rings. The molecule has 0 aliphatic carbocycles. The summed E-state index contributed by atoms with van der Waals surface area (Å²) in [7, 11) is 0. The van der Waals surface area contributed by atoms with Crippen molar-refractivity contribution in [3.05, 3.63) is 78.1 Å². The molecule has 2 heterocycles. The van der Waals surface area contributed by atoms with Gasteiger partial charge in [0.1, 0.15) is 0 Å². The molecule has 0 radical (unpaired) electrons. The molecule has 0 spiro atoms. The molecule has 172 valence electrons. The second kappa shape index (κ2) is 8.50. The molecule has 2 aromatic heterocycles. The van der Waals surface area contributed by atoms with Gasteiger partial charge in [-0.3, -0.25) is 0 Å². The molecule has 0 atom stereocenters. The van der Waals surface area contributed by atoms with Crippen LogP contribution in [0.2, 0.25) is 17.3 Å². The molecule has 0 amide bonds. The standard InChI is InChI=1S/C31H34GeN2/c1-19(2)26-17-30(33-18-28(26)32(5,6)7)21-12-13-24-22-10-8-9-11-23(22)25-14-15-29(20(3)4)34-31(25)27(24)16-21/h8-20H,1-7H3/i19D. The summed E-state index contributed by atoms with van der Waals surface area (Å²) >= 11 is -2.18. The minimum absolute atomic E-state index is 0.364. The van der Waals surface area contributed by atoms with Gasteiger partial charge in [0.25, 0.3) is 0 Å². The number of fused-ring (bicyclic) bond motifs is 6. The van der Waals surface area contributed by atoms with Crippen LogP contribution in [0.5, 0.6) is 0 Å². The summed E-state index contributed by atoms with van der Waals surface area (Å²) in [4.78, 5) is 10.1. The van der Waals surface area contributed by atoms with Crippen LogP contribution in [0.3, 0.4) is 0 Å². The van der Waals surface area contributed by atoms with Crippen LogP contribution in [0.25, 0.3) is 43.7 Å². The van der Waals surface area contributed by atoms with Crippen LogP contribution in [-0.4, -0.2) is 23.2 Å². The Hall–Kier alpha value is -2.72. The van der Waals surface area contributed by atoms with Crippen LogP contribution in [0.15, 0.2) is 66.9 Å². The third kappa shape index (κ3) is 3.92. The van der Waals surface area contributed by atoms with Crippen molar-refractivity contribution in [2.24, 2.45) is 0 Å². The third-order valence-electron chi connectivity index (χ3n) is 6.84. The first-order valence-corrected chi connectivity index (χ1v) is 19.6. The predicted molar refractivity (Wildman–Crippen MR) is 151 cm³/mol. The van der Waals surface area contributed by atoms with Crippen molar-refractivity contribution in [2.45, 2.75) is 56.8 Å². The fraction of sp³-hybridized carbons (Fsp3) is 0.290. The summed E-state index contributed by atoms with van der Waals surface area (Å²) < 4.78 is 10.2. The zero-order chi connectivity index (χ0) is 25.1. The van der Waals surface area contributed by atoms with Crippen LogP contribution in [0.4, 0.5) is 0 Å². The zero-order valence-corrected chi connectivity index (χ0v) is 23.4. The predicted octanol–water partition coefficient (Wildman–Crippen LogP) is 8.40. The van der Waals surface area contributed by atoms with Gasteiger partial charge in [-0.05, 0) is 0 Å². The molecule has 34 heavy (non-hydrogen) atoms. The molecule has 3 aromatic carbocycles. The maximum absolute atomic E-state index is 8.84. The van der Waals surface area contributed by atoms with Gasteiger partial charge in [-0.2, -0.15) is 0 Å². The first kappa shape index (κ1) is 21.8. The molecule has 5 rings (SSSR count). The quantitative estimate of drug-likeness (QED) is 0.180. The van der Waals surface area contributed by atoms with Crippen molar-refractivity contribution in [2.75, 3.05) is 0 Å². The van der Waals surface area contributed by atoms with Crippen molar-refractivity contribution < 1.29 is 1.37 Å². The van der Waals surface area contributed by atoms with E-state index >= 15 is 0 Å². The molecule has 0 saturated carbocycles. The normalized spacial score (nSPS) is 13.2. The molecular formula is C31H34GeN2. The van der Waals surface area contributed by atoms with Crippen LogP contribution >= 0.6 is 0 Å². The average Bonchev–Trinajstić information content (AvgIpc) is 2.82. The van der Waals surface area contributed by atoms with E-state index in [0.717, 1.165) is 33.4 Å². The van der Waals surface area contributed by atoms with Gasteiger partial charge in [-0.15, -0.1) is 0 Å². The molecule has 0 unspecified atom stereocenters. The van der Waals surface area contributed by atoms with E-state index in [0.29, 0.717) is 5.92 Å². The van der Waals surface area contributed by atoms with Crippen LogP contribution in [0, 0.1) is 0 Å². The first-order valence-electron chi connectivity index (χ1n) is 12.7. The molecule has 3 heteroatoms. The summed E-state index contributed by atoms with van der Waals surface area (Å²) in [5.74, 6) is 6.81. The Morgan fingerprint density at radius 1 is 0.765 bits per heavy atom. The molecule has 0 aliphatic heterocycles. The van der Waals surface area contributed by atoms with Crippen molar-refractivity contribution in [1.82, 2.24) is 9.97 Å². The van der Waals surface area contributed by atoms with Gasteiger partial charge in [0.15, 0.2) is 0 Å². The summed E-state index contributed by atoms with van der Waals surface area (Å²) in [5.41, 5.74) is 5.27. The molecule has 0 bridgehead atoms. The van der Waals surface area contributed by atoms with Gasteiger partial charge in [-0.1, -0.05) is 0 Å². The van der Waals surface area contributed by atoms with E-state index in [2.05, 4.69) is 98.0 Å². The van der Waals surface area contributed by atoms with E-state index in [9.17, 15) is 0 Å².